The lowest BCUT2D eigenvalue weighted by Gasteiger charge is -2.31. The first-order chi connectivity index (χ1) is 26.8. The fraction of sp³-hybridized carbons (Fsp3) is 0.421. The smallest absolute Gasteiger partial charge is 0.408 e. The van der Waals surface area contributed by atoms with Crippen molar-refractivity contribution in [2.75, 3.05) is 6.54 Å². The van der Waals surface area contributed by atoms with Crippen LogP contribution in [0.2, 0.25) is 0 Å². The molecule has 55 heavy (non-hydrogen) atoms. The molecule has 5 atom stereocenters. The minimum Gasteiger partial charge on any atom is -0.471 e. The summed E-state index contributed by atoms with van der Waals surface area (Å²) >= 11 is 2.64. The summed E-state index contributed by atoms with van der Waals surface area (Å²) in [6.07, 6.45) is 9.31. The maximum atomic E-state index is 14.5. The molecular formula is C38H40N8O7S2. The van der Waals surface area contributed by atoms with Crippen LogP contribution in [-0.2, 0) is 19.1 Å². The van der Waals surface area contributed by atoms with Gasteiger partial charge in [-0.15, -0.1) is 22.7 Å². The predicted octanol–water partition coefficient (Wildman–Crippen LogP) is 4.28. The molecule has 6 heterocycles. The molecule has 8 rings (SSSR count). The molecule has 2 aliphatic carbocycles. The third-order valence-corrected chi connectivity index (χ3v) is 12.3. The summed E-state index contributed by atoms with van der Waals surface area (Å²) in [5.41, 5.74) is 4.84. The summed E-state index contributed by atoms with van der Waals surface area (Å²) in [5.74, 6) is -1.71. The van der Waals surface area contributed by atoms with Crippen molar-refractivity contribution in [3.05, 3.63) is 70.4 Å². The third kappa shape index (κ3) is 7.89. The van der Waals surface area contributed by atoms with Gasteiger partial charge in [0.15, 0.2) is 5.82 Å². The number of fused-ring (bicyclic) bond motifs is 3. The molecule has 17 heteroatoms. The number of thiophene rings is 2. The number of nitrogens with one attached hydrogen (secondary N) is 4. The number of hydrogen-bond acceptors (Lipinski definition) is 12. The van der Waals surface area contributed by atoms with E-state index in [2.05, 4.69) is 31.5 Å². The Kier molecular flexibility index (Phi) is 10.5. The molecule has 0 unspecified atom stereocenters. The van der Waals surface area contributed by atoms with Gasteiger partial charge in [0.1, 0.15) is 40.2 Å². The molecule has 286 valence electrons. The Labute approximate surface area is 324 Å². The zero-order valence-corrected chi connectivity index (χ0v) is 31.4. The molecule has 4 aromatic rings. The second kappa shape index (κ2) is 15.7. The molecule has 1 saturated heterocycles. The number of nitrogens with zero attached hydrogens (tertiary/aromatic N) is 4. The highest BCUT2D eigenvalue weighted by Gasteiger charge is 2.61. The quantitative estimate of drug-likeness (QED) is 0.155. The van der Waals surface area contributed by atoms with Crippen molar-refractivity contribution in [3.63, 3.8) is 0 Å². The number of aromatic nitrogens is 3. The molecule has 0 spiro atoms. The molecule has 0 aromatic carbocycles. The Bertz CT molecular complexity index is 2110. The predicted molar refractivity (Wildman–Crippen MR) is 203 cm³/mol. The first-order valence-electron chi connectivity index (χ1n) is 18.5. The van der Waals surface area contributed by atoms with Crippen molar-refractivity contribution >= 4 is 62.6 Å². The van der Waals surface area contributed by atoms with E-state index in [0.717, 1.165) is 25.7 Å². The molecule has 5 amide bonds. The van der Waals surface area contributed by atoms with E-state index < -0.39 is 53.4 Å². The summed E-state index contributed by atoms with van der Waals surface area (Å²) in [4.78, 5) is 84.0. The fourth-order valence-corrected chi connectivity index (χ4v) is 8.56. The van der Waals surface area contributed by atoms with Gasteiger partial charge in [-0.3, -0.25) is 35.0 Å². The monoisotopic (exact) mass is 784 g/mol. The molecule has 3 fully saturated rings. The summed E-state index contributed by atoms with van der Waals surface area (Å²) in [7, 11) is 0. The maximum Gasteiger partial charge on any atom is 0.408 e. The second-order valence-electron chi connectivity index (χ2n) is 14.2. The molecule has 0 radical (unpaired) electrons. The molecular weight excluding hydrogens is 745 g/mol. The third-order valence-electron chi connectivity index (χ3n) is 10.5. The fourth-order valence-electron chi connectivity index (χ4n) is 7.18. The average molecular weight is 785 g/mol. The summed E-state index contributed by atoms with van der Waals surface area (Å²) in [6.45, 7) is 0.0158. The van der Waals surface area contributed by atoms with Crippen LogP contribution < -0.4 is 26.2 Å². The van der Waals surface area contributed by atoms with Gasteiger partial charge in [0.2, 0.25) is 17.7 Å². The van der Waals surface area contributed by atoms with E-state index in [1.807, 2.05) is 29.7 Å². The van der Waals surface area contributed by atoms with Crippen LogP contribution in [0.25, 0.3) is 21.7 Å². The molecule has 4 aromatic heterocycles. The van der Waals surface area contributed by atoms with E-state index >= 15 is 0 Å². The summed E-state index contributed by atoms with van der Waals surface area (Å²) < 4.78 is 12.8. The van der Waals surface area contributed by atoms with Crippen LogP contribution in [0, 0.1) is 5.92 Å². The number of alkyl carbamates (subject to hydrolysis) is 1. The Balaban J connectivity index is 1.07. The van der Waals surface area contributed by atoms with Gasteiger partial charge in [-0.05, 0) is 80.0 Å². The molecule has 15 nitrogen and oxygen atoms in total. The highest BCUT2D eigenvalue weighted by Crippen LogP contribution is 2.45. The topological polar surface area (TPSA) is 194 Å². The highest BCUT2D eigenvalue weighted by atomic mass is 32.1. The van der Waals surface area contributed by atoms with Crippen LogP contribution in [-0.4, -0.2) is 85.9 Å². The van der Waals surface area contributed by atoms with E-state index in [9.17, 15) is 24.0 Å². The number of allylic oxidation sites excluding steroid dienone is 1. The molecule has 2 saturated carbocycles. The Morgan fingerprint density at radius 1 is 0.945 bits per heavy atom. The van der Waals surface area contributed by atoms with Gasteiger partial charge in [0.05, 0.1) is 16.9 Å². The van der Waals surface area contributed by atoms with Gasteiger partial charge in [0, 0.05) is 18.5 Å². The lowest BCUT2D eigenvalue weighted by molar-refractivity contribution is -0.141. The number of hydrazine groups is 1. The van der Waals surface area contributed by atoms with E-state index in [0.29, 0.717) is 58.2 Å². The molecule has 0 bridgehead atoms. The number of ether oxygens (including phenoxy) is 2. The van der Waals surface area contributed by atoms with E-state index in [4.69, 9.17) is 14.5 Å². The first-order valence-corrected chi connectivity index (χ1v) is 20.3. The van der Waals surface area contributed by atoms with Crippen LogP contribution in [0.1, 0.15) is 67.5 Å². The number of carbonyl (C=O) groups excluding carboxylic acids is 5. The lowest BCUT2D eigenvalue weighted by Crippen LogP contribution is -2.59. The Hall–Kier alpha value is -5.42. The van der Waals surface area contributed by atoms with Crippen LogP contribution in [0.15, 0.2) is 65.5 Å². The van der Waals surface area contributed by atoms with Crippen molar-refractivity contribution in [2.24, 2.45) is 5.92 Å². The van der Waals surface area contributed by atoms with Gasteiger partial charge in [-0.1, -0.05) is 30.7 Å². The Morgan fingerprint density at radius 3 is 2.62 bits per heavy atom. The number of hydrogen-bond donors (Lipinski definition) is 4. The van der Waals surface area contributed by atoms with E-state index in [1.54, 1.807) is 35.8 Å². The van der Waals surface area contributed by atoms with Crippen molar-refractivity contribution in [2.45, 2.75) is 87.6 Å². The minimum absolute atomic E-state index is 0.0158. The number of rotatable bonds is 7. The maximum absolute atomic E-state index is 14.5. The minimum atomic E-state index is -1.36. The van der Waals surface area contributed by atoms with E-state index in [-0.39, 0.29) is 25.0 Å². The van der Waals surface area contributed by atoms with Crippen molar-refractivity contribution in [1.82, 2.24) is 41.3 Å². The number of pyridine rings is 1. The highest BCUT2D eigenvalue weighted by molar-refractivity contribution is 7.17. The largest absolute Gasteiger partial charge is 0.471 e. The van der Waals surface area contributed by atoms with Gasteiger partial charge < -0.3 is 25.0 Å². The van der Waals surface area contributed by atoms with Crippen LogP contribution >= 0.6 is 22.7 Å². The van der Waals surface area contributed by atoms with Crippen molar-refractivity contribution in [1.29, 1.82) is 0 Å². The molecule has 4 aliphatic rings. The zero-order chi connectivity index (χ0) is 37.9. The van der Waals surface area contributed by atoms with Crippen molar-refractivity contribution < 1.29 is 33.4 Å². The van der Waals surface area contributed by atoms with Crippen LogP contribution in [0.3, 0.4) is 0 Å². The van der Waals surface area contributed by atoms with Gasteiger partial charge in [0.25, 0.3) is 11.8 Å². The van der Waals surface area contributed by atoms with E-state index in [1.165, 1.54) is 27.6 Å². The van der Waals surface area contributed by atoms with Gasteiger partial charge in [-0.2, -0.15) is 4.98 Å². The molecule has 4 N–H and O–H groups in total. The molecule has 2 aliphatic heterocycles. The second-order valence-corrected chi connectivity index (χ2v) is 16.1. The summed E-state index contributed by atoms with van der Waals surface area (Å²) in [5, 5.41) is 9.40. The lowest BCUT2D eigenvalue weighted by atomic mass is 9.96. The average Bonchev–Trinajstić information content (AvgIpc) is 3.66. The SMILES string of the molecule is O=C(N[C@H]1CCCC/C=C\[C@@H]2C[C@@]2(C(=O)NNC(=O)c2cccs2)NC(=O)[C@@H]2C[C@@H](Oc3nc(-c4ccccn4)nc4ccsc34)CN2C1=O)OC1CCC1. The normalized spacial score (nSPS) is 26.0. The van der Waals surface area contributed by atoms with Gasteiger partial charge in [-0.25, -0.2) is 9.78 Å². The number of amides is 5. The first kappa shape index (κ1) is 36.6. The Morgan fingerprint density at radius 2 is 1.84 bits per heavy atom. The number of carbonyl (C=O) groups is 5. The van der Waals surface area contributed by atoms with Crippen LogP contribution in [0.4, 0.5) is 4.79 Å². The van der Waals surface area contributed by atoms with Crippen LogP contribution in [0.5, 0.6) is 5.88 Å². The zero-order valence-electron chi connectivity index (χ0n) is 29.8. The van der Waals surface area contributed by atoms with Gasteiger partial charge >= 0.3 is 6.09 Å². The standard InChI is InChI=1S/C38H40N8O7S2/c47-32-28-19-24(52-34-30-25(15-18-55-30)40-31(42-34)26-12-5-6-16-39-26)21-46(28)35(49)27(41-37(51)53-23-10-7-11-23)13-4-2-1-3-9-22-20-38(22,43-32)36(50)45-44-33(48)29-14-8-17-54-29/h3,5-6,8-9,12,14-18,22-24,27-28H,1-2,4,7,10-11,13,19-21H2,(H,41,51)(H,43,47)(H,44,48)(H,45,50)/b9-3-/t22-,24-,27+,28+,38-/m1/s1. The van der Waals surface area contributed by atoms with Crippen molar-refractivity contribution in [3.8, 4) is 17.4 Å². The summed E-state index contributed by atoms with van der Waals surface area (Å²) in [6, 6.07) is 8.66.